The van der Waals surface area contributed by atoms with Crippen LogP contribution in [0.4, 0.5) is 0 Å². The van der Waals surface area contributed by atoms with Crippen LogP contribution in [-0.2, 0) is 9.53 Å². The lowest BCUT2D eigenvalue weighted by atomic mass is 10.1. The molecule has 1 fully saturated rings. The minimum Gasteiger partial charge on any atom is -0.477 e. The zero-order valence-electron chi connectivity index (χ0n) is 19.1. The van der Waals surface area contributed by atoms with Crippen LogP contribution in [-0.4, -0.2) is 36.0 Å². The van der Waals surface area contributed by atoms with Crippen LogP contribution in [0.2, 0.25) is 0 Å². The molecule has 0 saturated carbocycles. The van der Waals surface area contributed by atoms with Gasteiger partial charge in [-0.25, -0.2) is 0 Å². The summed E-state index contributed by atoms with van der Waals surface area (Å²) in [7, 11) is 0. The molecular weight excluding hydrogens is 362 g/mol. The largest absolute Gasteiger partial charge is 0.477 e. The number of unbranched alkanes of at least 4 members (excludes halogenated alkanes) is 9. The smallest absolute Gasteiger partial charge is 0.261 e. The molecule has 0 unspecified atom stereocenters. The fourth-order valence-corrected chi connectivity index (χ4v) is 3.65. The molecule has 29 heavy (non-hydrogen) atoms. The van der Waals surface area contributed by atoms with Crippen molar-refractivity contribution in [3.05, 3.63) is 23.6 Å². The first kappa shape index (κ1) is 25.1. The van der Waals surface area contributed by atoms with E-state index in [1.165, 1.54) is 51.4 Å². The summed E-state index contributed by atoms with van der Waals surface area (Å²) < 4.78 is 5.72. The quantitative estimate of drug-likeness (QED) is 0.238. The number of allylic oxidation sites excluding steroid dienone is 2. The zero-order chi connectivity index (χ0) is 21.5. The standard InChI is InChI=1S/C24H41N3O2/c1-5-7-8-9-10-11-12-13-14-15-18-26-23(28)21(19-25)16-17-22-27(6-2)24(3,4)20-29-22/h16-17H,5-15,18,20H2,1-4H3,(H,26,28)/b21-16+,22-17+. The number of carbonyl (C=O) groups is 1. The number of carbonyl (C=O) groups excluding carboxylic acids is 1. The van der Waals surface area contributed by atoms with Crippen molar-refractivity contribution in [1.82, 2.24) is 10.2 Å². The van der Waals surface area contributed by atoms with Gasteiger partial charge < -0.3 is 15.0 Å². The Morgan fingerprint density at radius 1 is 1.10 bits per heavy atom. The summed E-state index contributed by atoms with van der Waals surface area (Å²) in [5, 5.41) is 12.2. The van der Waals surface area contributed by atoms with E-state index in [1.807, 2.05) is 6.07 Å². The van der Waals surface area contributed by atoms with Crippen LogP contribution in [0.1, 0.15) is 91.9 Å². The van der Waals surface area contributed by atoms with Crippen LogP contribution in [0.5, 0.6) is 0 Å². The highest BCUT2D eigenvalue weighted by Gasteiger charge is 2.35. The molecule has 1 N–H and O–H groups in total. The molecule has 1 rings (SSSR count). The molecular formula is C24H41N3O2. The number of nitrogens with one attached hydrogen (secondary N) is 1. The van der Waals surface area contributed by atoms with Gasteiger partial charge in [0.15, 0.2) is 5.88 Å². The highest BCUT2D eigenvalue weighted by molar-refractivity contribution is 5.97. The Balaban J connectivity index is 2.26. The minimum atomic E-state index is -0.305. The molecule has 0 aromatic heterocycles. The van der Waals surface area contributed by atoms with Gasteiger partial charge in [0.25, 0.3) is 5.91 Å². The zero-order valence-corrected chi connectivity index (χ0v) is 19.1. The molecule has 0 aromatic carbocycles. The van der Waals surface area contributed by atoms with Gasteiger partial charge in [0.05, 0.1) is 5.54 Å². The second kappa shape index (κ2) is 14.1. The monoisotopic (exact) mass is 403 g/mol. The topological polar surface area (TPSA) is 65.4 Å². The fourth-order valence-electron chi connectivity index (χ4n) is 3.65. The summed E-state index contributed by atoms with van der Waals surface area (Å²) in [5.74, 6) is 0.410. The Labute approximate surface area is 178 Å². The Hall–Kier alpha value is -1.96. The summed E-state index contributed by atoms with van der Waals surface area (Å²) in [4.78, 5) is 14.4. The Morgan fingerprint density at radius 2 is 1.69 bits per heavy atom. The molecule has 0 radical (unpaired) electrons. The van der Waals surface area contributed by atoms with Crippen molar-refractivity contribution in [3.8, 4) is 6.07 Å². The molecule has 0 aliphatic carbocycles. The third-order valence-electron chi connectivity index (χ3n) is 5.46. The van der Waals surface area contributed by atoms with E-state index in [-0.39, 0.29) is 17.0 Å². The predicted molar refractivity (Wildman–Crippen MR) is 119 cm³/mol. The SMILES string of the molecule is CCCCCCCCCCCCNC(=O)/C(C#N)=C/C=C1/OCC(C)(C)N1CC. The van der Waals surface area contributed by atoms with E-state index in [2.05, 4.69) is 37.9 Å². The lowest BCUT2D eigenvalue weighted by Crippen LogP contribution is -2.39. The van der Waals surface area contributed by atoms with Gasteiger partial charge in [-0.3, -0.25) is 4.79 Å². The average Bonchev–Trinajstić information content (AvgIpc) is 2.99. The summed E-state index contributed by atoms with van der Waals surface area (Å²) in [6.45, 7) is 10.6. The second-order valence-electron chi connectivity index (χ2n) is 8.48. The van der Waals surface area contributed by atoms with Gasteiger partial charge in [-0.15, -0.1) is 0 Å². The first-order valence-corrected chi connectivity index (χ1v) is 11.5. The van der Waals surface area contributed by atoms with Crippen molar-refractivity contribution in [2.24, 2.45) is 0 Å². The summed E-state index contributed by atoms with van der Waals surface area (Å²) in [6, 6.07) is 2.00. The number of hydrogen-bond donors (Lipinski definition) is 1. The second-order valence-corrected chi connectivity index (χ2v) is 8.48. The van der Waals surface area contributed by atoms with Gasteiger partial charge in [0.2, 0.25) is 0 Å². The third kappa shape index (κ3) is 9.39. The number of amides is 1. The highest BCUT2D eigenvalue weighted by Crippen LogP contribution is 2.29. The normalized spacial score (nSPS) is 17.3. The van der Waals surface area contributed by atoms with Crippen LogP contribution >= 0.6 is 0 Å². The number of nitrogens with zero attached hydrogens (tertiary/aromatic N) is 2. The van der Waals surface area contributed by atoms with Gasteiger partial charge >= 0.3 is 0 Å². The molecule has 1 aliphatic rings. The molecule has 164 valence electrons. The highest BCUT2D eigenvalue weighted by atomic mass is 16.5. The molecule has 0 atom stereocenters. The molecule has 1 amide bonds. The first-order chi connectivity index (χ1) is 14.0. The maximum Gasteiger partial charge on any atom is 0.261 e. The minimum absolute atomic E-state index is 0.0704. The molecule has 0 spiro atoms. The van der Waals surface area contributed by atoms with Gasteiger partial charge in [-0.05, 0) is 39.3 Å². The van der Waals surface area contributed by atoms with E-state index in [9.17, 15) is 10.1 Å². The molecule has 1 saturated heterocycles. The van der Waals surface area contributed by atoms with Crippen molar-refractivity contribution in [2.75, 3.05) is 19.7 Å². The molecule has 5 heteroatoms. The number of likely N-dealkylation sites (N-methyl/N-ethyl adjacent to an activating group) is 1. The number of hydrogen-bond acceptors (Lipinski definition) is 4. The third-order valence-corrected chi connectivity index (χ3v) is 5.46. The van der Waals surface area contributed by atoms with Crippen LogP contribution in [0.25, 0.3) is 0 Å². The van der Waals surface area contributed by atoms with Crippen molar-refractivity contribution in [1.29, 1.82) is 5.26 Å². The van der Waals surface area contributed by atoms with E-state index in [0.717, 1.165) is 19.4 Å². The van der Waals surface area contributed by atoms with Gasteiger partial charge in [-0.2, -0.15) is 5.26 Å². The van der Waals surface area contributed by atoms with Crippen LogP contribution in [0, 0.1) is 11.3 Å². The summed E-state index contributed by atoms with van der Waals surface area (Å²) >= 11 is 0. The summed E-state index contributed by atoms with van der Waals surface area (Å²) in [5.41, 5.74) is 0.0489. The molecule has 1 aliphatic heterocycles. The average molecular weight is 404 g/mol. The van der Waals surface area contributed by atoms with Crippen LogP contribution in [0.3, 0.4) is 0 Å². The molecule has 0 bridgehead atoms. The van der Waals surface area contributed by atoms with E-state index in [4.69, 9.17) is 4.74 Å². The van der Waals surface area contributed by atoms with Crippen molar-refractivity contribution in [2.45, 2.75) is 97.4 Å². The lowest BCUT2D eigenvalue weighted by Gasteiger charge is -2.28. The Morgan fingerprint density at radius 3 is 2.24 bits per heavy atom. The van der Waals surface area contributed by atoms with Crippen molar-refractivity contribution < 1.29 is 9.53 Å². The van der Waals surface area contributed by atoms with E-state index in [0.29, 0.717) is 19.0 Å². The number of ether oxygens (including phenoxy) is 1. The Bertz CT molecular complexity index is 587. The van der Waals surface area contributed by atoms with Crippen LogP contribution in [0.15, 0.2) is 23.6 Å². The molecule has 1 heterocycles. The van der Waals surface area contributed by atoms with Gasteiger partial charge in [0.1, 0.15) is 18.2 Å². The van der Waals surface area contributed by atoms with E-state index < -0.39 is 0 Å². The van der Waals surface area contributed by atoms with E-state index in [1.54, 1.807) is 12.2 Å². The number of nitriles is 1. The fraction of sp³-hybridized carbons (Fsp3) is 0.750. The summed E-state index contributed by atoms with van der Waals surface area (Å²) in [6.07, 6.45) is 15.9. The van der Waals surface area contributed by atoms with Crippen LogP contribution < -0.4 is 5.32 Å². The predicted octanol–water partition coefficient (Wildman–Crippen LogP) is 5.45. The molecule has 5 nitrogen and oxygen atoms in total. The van der Waals surface area contributed by atoms with E-state index >= 15 is 0 Å². The number of rotatable bonds is 14. The van der Waals surface area contributed by atoms with Gasteiger partial charge in [0, 0.05) is 13.1 Å². The maximum absolute atomic E-state index is 12.2. The molecule has 0 aromatic rings. The maximum atomic E-state index is 12.2. The van der Waals surface area contributed by atoms with Gasteiger partial charge in [-0.1, -0.05) is 64.7 Å². The lowest BCUT2D eigenvalue weighted by molar-refractivity contribution is -0.117. The first-order valence-electron chi connectivity index (χ1n) is 11.5. The van der Waals surface area contributed by atoms with Crippen molar-refractivity contribution >= 4 is 5.91 Å². The Kier molecular flexibility index (Phi) is 12.2. The van der Waals surface area contributed by atoms with Crippen molar-refractivity contribution in [3.63, 3.8) is 0 Å².